The molecular formula is C14H18BrN5O. The van der Waals surface area contributed by atoms with Gasteiger partial charge in [0, 0.05) is 36.7 Å². The largest absolute Gasteiger partial charge is 0.369 e. The Labute approximate surface area is 132 Å². The number of nitrogens with one attached hydrogen (secondary N) is 2. The molecule has 0 fully saturated rings. The number of aromatic nitrogens is 3. The number of carbonyl (C=O) groups excluding carboxylic acids is 1. The van der Waals surface area contributed by atoms with Gasteiger partial charge < -0.3 is 15.2 Å². The third-order valence-corrected chi connectivity index (χ3v) is 3.35. The van der Waals surface area contributed by atoms with E-state index in [9.17, 15) is 4.79 Å². The molecule has 0 aliphatic heterocycles. The van der Waals surface area contributed by atoms with Gasteiger partial charge in [-0.05, 0) is 28.4 Å². The van der Waals surface area contributed by atoms with Gasteiger partial charge in [0.05, 0.1) is 12.1 Å². The summed E-state index contributed by atoms with van der Waals surface area (Å²) >= 11 is 3.36. The zero-order chi connectivity index (χ0) is 15.2. The van der Waals surface area contributed by atoms with Crippen molar-refractivity contribution >= 4 is 27.7 Å². The predicted octanol–water partition coefficient (Wildman–Crippen LogP) is 2.66. The minimum absolute atomic E-state index is 0.0983. The number of pyridine rings is 1. The molecule has 6 nitrogen and oxygen atoms in total. The average Bonchev–Trinajstić information content (AvgIpc) is 2.98. The number of nitrogens with zero attached hydrogens (tertiary/aromatic N) is 3. The number of amides is 1. The van der Waals surface area contributed by atoms with Gasteiger partial charge in [0.2, 0.25) is 0 Å². The summed E-state index contributed by atoms with van der Waals surface area (Å²) in [7, 11) is 1.75. The summed E-state index contributed by atoms with van der Waals surface area (Å²) < 4.78 is 0.777. The van der Waals surface area contributed by atoms with Crippen molar-refractivity contribution in [2.75, 3.05) is 18.9 Å². The monoisotopic (exact) mass is 351 g/mol. The second kappa shape index (κ2) is 7.21. The Bertz CT molecular complexity index is 599. The molecule has 2 rings (SSSR count). The van der Waals surface area contributed by atoms with E-state index < -0.39 is 0 Å². The molecule has 0 saturated heterocycles. The highest BCUT2D eigenvalue weighted by atomic mass is 79.9. The number of hydrogen-bond acceptors (Lipinski definition) is 4. The maximum absolute atomic E-state index is 12.6. The predicted molar refractivity (Wildman–Crippen MR) is 85.1 cm³/mol. The molecule has 7 heteroatoms. The van der Waals surface area contributed by atoms with Crippen LogP contribution in [-0.2, 0) is 6.54 Å². The second-order valence-corrected chi connectivity index (χ2v) is 5.59. The summed E-state index contributed by atoms with van der Waals surface area (Å²) in [6.07, 6.45) is 6.06. The molecule has 0 aliphatic carbocycles. The molecule has 0 aliphatic rings. The van der Waals surface area contributed by atoms with Crippen LogP contribution in [-0.4, -0.2) is 39.4 Å². The van der Waals surface area contributed by atoms with Crippen LogP contribution in [0.25, 0.3) is 0 Å². The molecular weight excluding hydrogens is 334 g/mol. The molecule has 0 aromatic carbocycles. The highest BCUT2D eigenvalue weighted by Gasteiger charge is 2.18. The number of H-pyrrole nitrogens is 1. The summed E-state index contributed by atoms with van der Waals surface area (Å²) in [5.74, 6) is 1.26. The summed E-state index contributed by atoms with van der Waals surface area (Å²) in [6.45, 7) is 3.26. The van der Waals surface area contributed by atoms with Gasteiger partial charge >= 0.3 is 0 Å². The lowest BCUT2D eigenvalue weighted by Crippen LogP contribution is -2.28. The van der Waals surface area contributed by atoms with Crippen LogP contribution in [0.1, 0.15) is 29.5 Å². The minimum Gasteiger partial charge on any atom is -0.369 e. The van der Waals surface area contributed by atoms with Crippen LogP contribution in [0.15, 0.2) is 29.1 Å². The van der Waals surface area contributed by atoms with E-state index in [1.54, 1.807) is 36.6 Å². The number of halogens is 1. The minimum atomic E-state index is -0.0983. The van der Waals surface area contributed by atoms with Gasteiger partial charge in [-0.2, -0.15) is 0 Å². The lowest BCUT2D eigenvalue weighted by atomic mass is 10.2. The van der Waals surface area contributed by atoms with E-state index >= 15 is 0 Å². The highest BCUT2D eigenvalue weighted by molar-refractivity contribution is 9.10. The zero-order valence-electron chi connectivity index (χ0n) is 12.1. The fraction of sp³-hybridized carbons (Fsp3) is 0.357. The summed E-state index contributed by atoms with van der Waals surface area (Å²) in [4.78, 5) is 25.6. The Morgan fingerprint density at radius 1 is 1.48 bits per heavy atom. The number of rotatable bonds is 6. The van der Waals surface area contributed by atoms with E-state index in [1.807, 2.05) is 0 Å². The molecule has 0 bridgehead atoms. The Morgan fingerprint density at radius 3 is 2.95 bits per heavy atom. The second-order valence-electron chi connectivity index (χ2n) is 4.67. The molecule has 0 spiro atoms. The van der Waals surface area contributed by atoms with Crippen molar-refractivity contribution in [2.24, 2.45) is 0 Å². The SMILES string of the molecule is CCCNc1ncc(Br)cc1C(=O)N(C)Cc1ncc[nH]1. The van der Waals surface area contributed by atoms with Crippen molar-refractivity contribution in [2.45, 2.75) is 19.9 Å². The number of anilines is 1. The van der Waals surface area contributed by atoms with Crippen molar-refractivity contribution < 1.29 is 4.79 Å². The van der Waals surface area contributed by atoms with Gasteiger partial charge in [0.25, 0.3) is 5.91 Å². The van der Waals surface area contributed by atoms with Crippen LogP contribution in [0.2, 0.25) is 0 Å². The first kappa shape index (κ1) is 15.5. The van der Waals surface area contributed by atoms with Crippen LogP contribution >= 0.6 is 15.9 Å². The topological polar surface area (TPSA) is 73.9 Å². The standard InChI is InChI=1S/C14H18BrN5O/c1-3-4-18-13-11(7-10(15)8-19-13)14(21)20(2)9-12-16-5-6-17-12/h5-8H,3-4,9H2,1-2H3,(H,16,17)(H,18,19). The zero-order valence-corrected chi connectivity index (χ0v) is 13.6. The first-order valence-corrected chi connectivity index (χ1v) is 7.54. The van der Waals surface area contributed by atoms with Gasteiger partial charge in [-0.1, -0.05) is 6.92 Å². The fourth-order valence-electron chi connectivity index (χ4n) is 1.87. The summed E-state index contributed by atoms with van der Waals surface area (Å²) in [6, 6.07) is 1.78. The van der Waals surface area contributed by atoms with Crippen molar-refractivity contribution in [1.29, 1.82) is 0 Å². The van der Waals surface area contributed by atoms with Gasteiger partial charge in [-0.25, -0.2) is 9.97 Å². The van der Waals surface area contributed by atoms with Gasteiger partial charge in [-0.3, -0.25) is 4.79 Å². The van der Waals surface area contributed by atoms with Crippen molar-refractivity contribution in [3.05, 3.63) is 40.5 Å². The Morgan fingerprint density at radius 2 is 2.29 bits per heavy atom. The van der Waals surface area contributed by atoms with Crippen molar-refractivity contribution in [3.63, 3.8) is 0 Å². The third kappa shape index (κ3) is 4.04. The van der Waals surface area contributed by atoms with E-state index in [-0.39, 0.29) is 5.91 Å². The number of carbonyl (C=O) groups is 1. The van der Waals surface area contributed by atoms with E-state index in [2.05, 4.69) is 43.1 Å². The molecule has 2 aromatic rings. The molecule has 21 heavy (non-hydrogen) atoms. The average molecular weight is 352 g/mol. The summed E-state index contributed by atoms with van der Waals surface area (Å²) in [5, 5.41) is 3.18. The van der Waals surface area contributed by atoms with Crippen LogP contribution in [0, 0.1) is 0 Å². The maximum atomic E-state index is 12.6. The molecule has 0 unspecified atom stereocenters. The maximum Gasteiger partial charge on any atom is 0.257 e. The van der Waals surface area contributed by atoms with E-state index in [0.29, 0.717) is 17.9 Å². The fourth-order valence-corrected chi connectivity index (χ4v) is 2.20. The lowest BCUT2D eigenvalue weighted by Gasteiger charge is -2.18. The van der Waals surface area contributed by atoms with Gasteiger partial charge in [-0.15, -0.1) is 0 Å². The van der Waals surface area contributed by atoms with Crippen LogP contribution in [0.5, 0.6) is 0 Å². The Kier molecular flexibility index (Phi) is 5.32. The molecule has 0 atom stereocenters. The molecule has 0 radical (unpaired) electrons. The molecule has 0 saturated carbocycles. The number of hydrogen-bond donors (Lipinski definition) is 2. The number of imidazole rings is 1. The summed E-state index contributed by atoms with van der Waals surface area (Å²) in [5.41, 5.74) is 0.548. The number of aromatic amines is 1. The normalized spacial score (nSPS) is 10.4. The first-order chi connectivity index (χ1) is 10.1. The smallest absolute Gasteiger partial charge is 0.257 e. The molecule has 2 heterocycles. The van der Waals surface area contributed by atoms with E-state index in [0.717, 1.165) is 23.3 Å². The van der Waals surface area contributed by atoms with Crippen LogP contribution in [0.4, 0.5) is 5.82 Å². The van der Waals surface area contributed by atoms with E-state index in [1.165, 1.54) is 0 Å². The van der Waals surface area contributed by atoms with Crippen molar-refractivity contribution in [1.82, 2.24) is 19.9 Å². The van der Waals surface area contributed by atoms with Gasteiger partial charge in [0.15, 0.2) is 0 Å². The molecule has 2 N–H and O–H groups in total. The Hall–Kier alpha value is -1.89. The first-order valence-electron chi connectivity index (χ1n) is 6.75. The van der Waals surface area contributed by atoms with Gasteiger partial charge in [0.1, 0.15) is 11.6 Å². The third-order valence-electron chi connectivity index (χ3n) is 2.92. The van der Waals surface area contributed by atoms with Crippen LogP contribution in [0.3, 0.4) is 0 Å². The highest BCUT2D eigenvalue weighted by Crippen LogP contribution is 2.20. The molecule has 2 aromatic heterocycles. The Balaban J connectivity index is 2.18. The quantitative estimate of drug-likeness (QED) is 0.838. The molecule has 112 valence electrons. The molecule has 1 amide bonds. The lowest BCUT2D eigenvalue weighted by molar-refractivity contribution is 0.0782. The van der Waals surface area contributed by atoms with Crippen molar-refractivity contribution in [3.8, 4) is 0 Å². The van der Waals surface area contributed by atoms with E-state index in [4.69, 9.17) is 0 Å². The van der Waals surface area contributed by atoms with Crippen LogP contribution < -0.4 is 5.32 Å².